The van der Waals surface area contributed by atoms with Crippen LogP contribution in [0.3, 0.4) is 0 Å². The van der Waals surface area contributed by atoms with Crippen LogP contribution in [0.5, 0.6) is 0 Å². The van der Waals surface area contributed by atoms with Crippen LogP contribution in [-0.4, -0.2) is 50.5 Å². The Morgan fingerprint density at radius 2 is 1.88 bits per heavy atom. The number of carbonyl (C=O) groups is 1. The zero-order chi connectivity index (χ0) is 18.0. The average molecular weight is 355 g/mol. The lowest BCUT2D eigenvalue weighted by Crippen LogP contribution is -2.43. The van der Waals surface area contributed by atoms with Crippen LogP contribution in [0.1, 0.15) is 38.7 Å². The Balaban J connectivity index is 2.22. The second kappa shape index (κ2) is 7.11. The fraction of sp³-hybridized carbons (Fsp3) is 0.588. The van der Waals surface area contributed by atoms with Crippen molar-refractivity contribution in [3.63, 3.8) is 0 Å². The largest absolute Gasteiger partial charge is 0.444 e. The molecule has 1 aliphatic heterocycles. The SMILES string of the molecule is CC(C)(C)OC(=O)N1CC[C@H](c2ccccc2)[C@@H]1COS(C)(=O)=O. The highest BCUT2D eigenvalue weighted by molar-refractivity contribution is 7.85. The van der Waals surface area contributed by atoms with E-state index in [1.165, 1.54) is 0 Å². The average Bonchev–Trinajstić information content (AvgIpc) is 2.87. The van der Waals surface area contributed by atoms with E-state index in [1.54, 1.807) is 25.7 Å². The van der Waals surface area contributed by atoms with Crippen LogP contribution in [-0.2, 0) is 19.0 Å². The summed E-state index contributed by atoms with van der Waals surface area (Å²) in [6.07, 6.45) is 1.31. The van der Waals surface area contributed by atoms with Crippen molar-refractivity contribution in [2.24, 2.45) is 0 Å². The maximum Gasteiger partial charge on any atom is 0.410 e. The van der Waals surface area contributed by atoms with Gasteiger partial charge in [-0.15, -0.1) is 0 Å². The summed E-state index contributed by atoms with van der Waals surface area (Å²) in [4.78, 5) is 14.0. The molecule has 2 rings (SSSR count). The van der Waals surface area contributed by atoms with Gasteiger partial charge in [0.05, 0.1) is 18.9 Å². The van der Waals surface area contributed by atoms with E-state index in [1.807, 2.05) is 30.3 Å². The molecule has 134 valence electrons. The summed E-state index contributed by atoms with van der Waals surface area (Å²) < 4.78 is 33.2. The molecule has 1 heterocycles. The van der Waals surface area contributed by atoms with Gasteiger partial charge in [-0.05, 0) is 32.8 Å². The zero-order valence-corrected chi connectivity index (χ0v) is 15.4. The van der Waals surface area contributed by atoms with Crippen LogP contribution in [0.15, 0.2) is 30.3 Å². The van der Waals surface area contributed by atoms with Crippen LogP contribution in [0.25, 0.3) is 0 Å². The van der Waals surface area contributed by atoms with Gasteiger partial charge < -0.3 is 9.64 Å². The van der Waals surface area contributed by atoms with Crippen molar-refractivity contribution in [3.05, 3.63) is 35.9 Å². The number of likely N-dealkylation sites (tertiary alicyclic amines) is 1. The predicted molar refractivity (Wildman–Crippen MR) is 91.3 cm³/mol. The number of ether oxygens (including phenoxy) is 1. The third-order valence-electron chi connectivity index (χ3n) is 3.85. The van der Waals surface area contributed by atoms with Gasteiger partial charge in [-0.25, -0.2) is 4.79 Å². The molecule has 1 saturated heterocycles. The first-order valence-electron chi connectivity index (χ1n) is 7.96. The number of carbonyl (C=O) groups excluding carboxylic acids is 1. The van der Waals surface area contributed by atoms with Gasteiger partial charge in [0.2, 0.25) is 0 Å². The molecular weight excluding hydrogens is 330 g/mol. The molecule has 0 bridgehead atoms. The first kappa shape index (κ1) is 18.7. The minimum absolute atomic E-state index is 0.0143. The van der Waals surface area contributed by atoms with Crippen molar-refractivity contribution >= 4 is 16.2 Å². The Morgan fingerprint density at radius 3 is 2.42 bits per heavy atom. The lowest BCUT2D eigenvalue weighted by molar-refractivity contribution is 0.0180. The highest BCUT2D eigenvalue weighted by Gasteiger charge is 2.40. The third kappa shape index (κ3) is 5.21. The number of hydrogen-bond donors (Lipinski definition) is 0. The lowest BCUT2D eigenvalue weighted by atomic mass is 9.92. The molecule has 0 N–H and O–H groups in total. The van der Waals surface area contributed by atoms with E-state index in [2.05, 4.69) is 0 Å². The van der Waals surface area contributed by atoms with E-state index < -0.39 is 21.8 Å². The van der Waals surface area contributed by atoms with Crippen molar-refractivity contribution in [2.45, 2.75) is 44.8 Å². The van der Waals surface area contributed by atoms with Gasteiger partial charge >= 0.3 is 6.09 Å². The maximum atomic E-state index is 12.5. The number of amides is 1. The summed E-state index contributed by atoms with van der Waals surface area (Å²) in [5.41, 5.74) is 0.454. The van der Waals surface area contributed by atoms with Crippen LogP contribution in [0, 0.1) is 0 Å². The molecule has 1 amide bonds. The topological polar surface area (TPSA) is 72.9 Å². The van der Waals surface area contributed by atoms with Crippen molar-refractivity contribution in [3.8, 4) is 0 Å². The van der Waals surface area contributed by atoms with Gasteiger partial charge in [0.15, 0.2) is 0 Å². The Kier molecular flexibility index (Phi) is 5.55. The molecule has 6 nitrogen and oxygen atoms in total. The fourth-order valence-corrected chi connectivity index (χ4v) is 3.28. The normalized spacial score (nSPS) is 21.8. The molecule has 0 aromatic heterocycles. The second-order valence-corrected chi connectivity index (χ2v) is 8.68. The molecule has 1 fully saturated rings. The van der Waals surface area contributed by atoms with Crippen molar-refractivity contribution in [1.82, 2.24) is 4.90 Å². The minimum atomic E-state index is -3.58. The third-order valence-corrected chi connectivity index (χ3v) is 4.42. The van der Waals surface area contributed by atoms with E-state index in [9.17, 15) is 13.2 Å². The molecule has 1 aromatic rings. The van der Waals surface area contributed by atoms with E-state index in [0.29, 0.717) is 6.54 Å². The summed E-state index contributed by atoms with van der Waals surface area (Å²) in [7, 11) is -3.58. The molecule has 0 unspecified atom stereocenters. The molecule has 0 aliphatic carbocycles. The van der Waals surface area contributed by atoms with Gasteiger partial charge in [0.1, 0.15) is 5.60 Å². The molecular formula is C17H25NO5S. The molecule has 0 radical (unpaired) electrons. The van der Waals surface area contributed by atoms with Crippen LogP contribution in [0.2, 0.25) is 0 Å². The van der Waals surface area contributed by atoms with Crippen molar-refractivity contribution < 1.29 is 22.1 Å². The standard InChI is InChI=1S/C17H25NO5S/c1-17(2,3)23-16(19)18-11-10-14(13-8-6-5-7-9-13)15(18)12-22-24(4,20)21/h5-9,14-15H,10-12H2,1-4H3/t14-,15+/m1/s1. The van der Waals surface area contributed by atoms with Gasteiger partial charge in [0, 0.05) is 12.5 Å². The second-order valence-electron chi connectivity index (χ2n) is 7.04. The fourth-order valence-electron chi connectivity index (χ4n) is 2.89. The molecule has 24 heavy (non-hydrogen) atoms. The smallest absolute Gasteiger partial charge is 0.410 e. The molecule has 1 aliphatic rings. The highest BCUT2D eigenvalue weighted by Crippen LogP contribution is 2.34. The molecule has 7 heteroatoms. The molecule has 1 aromatic carbocycles. The summed E-state index contributed by atoms with van der Waals surface area (Å²) in [6.45, 7) is 5.84. The summed E-state index contributed by atoms with van der Waals surface area (Å²) in [6, 6.07) is 9.37. The van der Waals surface area contributed by atoms with E-state index in [0.717, 1.165) is 18.2 Å². The van der Waals surface area contributed by atoms with Crippen LogP contribution >= 0.6 is 0 Å². The highest BCUT2D eigenvalue weighted by atomic mass is 32.2. The van der Waals surface area contributed by atoms with Gasteiger partial charge in [0.25, 0.3) is 10.1 Å². The quantitative estimate of drug-likeness (QED) is 0.777. The van der Waals surface area contributed by atoms with Crippen LogP contribution < -0.4 is 0 Å². The Hall–Kier alpha value is -1.60. The number of benzene rings is 1. The van der Waals surface area contributed by atoms with E-state index >= 15 is 0 Å². The van der Waals surface area contributed by atoms with Crippen molar-refractivity contribution in [1.29, 1.82) is 0 Å². The Morgan fingerprint density at radius 1 is 1.25 bits per heavy atom. The monoisotopic (exact) mass is 355 g/mol. The van der Waals surface area contributed by atoms with E-state index in [4.69, 9.17) is 8.92 Å². The summed E-state index contributed by atoms with van der Waals surface area (Å²) in [5, 5.41) is 0. The van der Waals surface area contributed by atoms with E-state index in [-0.39, 0.29) is 18.6 Å². The molecule has 2 atom stereocenters. The van der Waals surface area contributed by atoms with Crippen LogP contribution in [0.4, 0.5) is 4.79 Å². The summed E-state index contributed by atoms with van der Waals surface area (Å²) >= 11 is 0. The summed E-state index contributed by atoms with van der Waals surface area (Å²) in [5.74, 6) is 0.0143. The first-order valence-corrected chi connectivity index (χ1v) is 9.77. The minimum Gasteiger partial charge on any atom is -0.444 e. The Bertz CT molecular complexity index is 666. The zero-order valence-electron chi connectivity index (χ0n) is 14.6. The number of rotatable bonds is 4. The van der Waals surface area contributed by atoms with Gasteiger partial charge in [-0.1, -0.05) is 30.3 Å². The molecule has 0 spiro atoms. The first-order chi connectivity index (χ1) is 11.1. The predicted octanol–water partition coefficient (Wildman–Crippen LogP) is 2.76. The number of hydrogen-bond acceptors (Lipinski definition) is 5. The van der Waals surface area contributed by atoms with Gasteiger partial charge in [-0.3, -0.25) is 4.18 Å². The lowest BCUT2D eigenvalue weighted by Gasteiger charge is -2.30. The van der Waals surface area contributed by atoms with Gasteiger partial charge in [-0.2, -0.15) is 8.42 Å². The number of nitrogens with zero attached hydrogens (tertiary/aromatic N) is 1. The van der Waals surface area contributed by atoms with Crippen molar-refractivity contribution in [2.75, 3.05) is 19.4 Å². The Labute approximate surface area is 143 Å². The maximum absolute atomic E-state index is 12.5. The molecule has 0 saturated carbocycles.